The molecule has 1 aromatic carbocycles. The lowest BCUT2D eigenvalue weighted by Crippen LogP contribution is -2.39. The quantitative estimate of drug-likeness (QED) is 0.869. The van der Waals surface area contributed by atoms with Crippen LogP contribution in [0.1, 0.15) is 23.8 Å². The predicted molar refractivity (Wildman–Crippen MR) is 91.3 cm³/mol. The molecule has 0 radical (unpaired) electrons. The highest BCUT2D eigenvalue weighted by Crippen LogP contribution is 2.22. The molecule has 0 spiro atoms. The fourth-order valence-electron chi connectivity index (χ4n) is 3.10. The number of furan rings is 1. The second-order valence-corrected chi connectivity index (χ2v) is 6.41. The molecule has 0 aliphatic carbocycles. The number of hydrogen-bond acceptors (Lipinski definition) is 4. The van der Waals surface area contributed by atoms with Crippen molar-refractivity contribution >= 4 is 11.8 Å². The lowest BCUT2D eigenvalue weighted by Gasteiger charge is -2.27. The molecular formula is C19H22N2O4. The normalized spacial score (nSPS) is 18.4. The molecule has 1 aliphatic heterocycles. The molecule has 2 heterocycles. The van der Waals surface area contributed by atoms with E-state index in [0.29, 0.717) is 18.8 Å². The van der Waals surface area contributed by atoms with Crippen molar-refractivity contribution in [1.29, 1.82) is 0 Å². The lowest BCUT2D eigenvalue weighted by molar-refractivity contribution is -0.138. The van der Waals surface area contributed by atoms with Crippen LogP contribution >= 0.6 is 0 Å². The topological polar surface area (TPSA) is 74.0 Å². The molecule has 3 rings (SSSR count). The number of amides is 2. The van der Waals surface area contributed by atoms with Crippen molar-refractivity contribution in [2.75, 3.05) is 20.1 Å². The van der Waals surface area contributed by atoms with E-state index >= 15 is 0 Å². The van der Waals surface area contributed by atoms with Gasteiger partial charge in [0.1, 0.15) is 11.9 Å². The molecular weight excluding hydrogens is 320 g/mol. The standard InChI is InChI=1S/C19H22N2O4/c1-20-12-15(10-18(20)23)19(24)21(11-14-6-3-2-4-7-14)13-16(22)17-8-5-9-25-17/h2-9,15-16,22H,10-13H2,1H3/t15-,16+/m1/s1. The second kappa shape index (κ2) is 7.53. The van der Waals surface area contributed by atoms with Crippen LogP contribution in [0.4, 0.5) is 0 Å². The number of rotatable bonds is 6. The molecule has 6 heteroatoms. The second-order valence-electron chi connectivity index (χ2n) is 6.41. The first-order valence-electron chi connectivity index (χ1n) is 8.32. The van der Waals surface area contributed by atoms with Gasteiger partial charge in [-0.1, -0.05) is 30.3 Å². The van der Waals surface area contributed by atoms with Crippen LogP contribution in [0.25, 0.3) is 0 Å². The number of carbonyl (C=O) groups excluding carboxylic acids is 2. The summed E-state index contributed by atoms with van der Waals surface area (Å²) in [6.45, 7) is 0.918. The smallest absolute Gasteiger partial charge is 0.228 e. The summed E-state index contributed by atoms with van der Waals surface area (Å²) in [5.74, 6) is -0.0905. The van der Waals surface area contributed by atoms with E-state index in [4.69, 9.17) is 4.42 Å². The Morgan fingerprint density at radius 2 is 2.08 bits per heavy atom. The minimum absolute atomic E-state index is 0.0235. The number of aliphatic hydroxyl groups excluding tert-OH is 1. The molecule has 132 valence electrons. The highest BCUT2D eigenvalue weighted by Gasteiger charge is 2.35. The van der Waals surface area contributed by atoms with Gasteiger partial charge in [0.2, 0.25) is 11.8 Å². The zero-order chi connectivity index (χ0) is 17.8. The van der Waals surface area contributed by atoms with Gasteiger partial charge in [-0.05, 0) is 17.7 Å². The summed E-state index contributed by atoms with van der Waals surface area (Å²) in [4.78, 5) is 27.9. The summed E-state index contributed by atoms with van der Waals surface area (Å²) in [6, 6.07) is 13.0. The third-order valence-corrected chi connectivity index (χ3v) is 4.48. The number of nitrogens with zero attached hydrogens (tertiary/aromatic N) is 2. The zero-order valence-electron chi connectivity index (χ0n) is 14.2. The maximum Gasteiger partial charge on any atom is 0.228 e. The highest BCUT2D eigenvalue weighted by atomic mass is 16.4. The monoisotopic (exact) mass is 342 g/mol. The molecule has 1 aromatic heterocycles. The van der Waals surface area contributed by atoms with E-state index < -0.39 is 6.10 Å². The fourth-order valence-corrected chi connectivity index (χ4v) is 3.10. The number of likely N-dealkylation sites (tertiary alicyclic amines) is 1. The van der Waals surface area contributed by atoms with Gasteiger partial charge in [0, 0.05) is 26.6 Å². The van der Waals surface area contributed by atoms with E-state index in [2.05, 4.69) is 0 Å². The van der Waals surface area contributed by atoms with Crippen molar-refractivity contribution < 1.29 is 19.1 Å². The number of benzene rings is 1. The van der Waals surface area contributed by atoms with Crippen LogP contribution in [-0.2, 0) is 16.1 Å². The molecule has 0 unspecified atom stereocenters. The summed E-state index contributed by atoms with van der Waals surface area (Å²) < 4.78 is 5.24. The third-order valence-electron chi connectivity index (χ3n) is 4.48. The Hall–Kier alpha value is -2.60. The Morgan fingerprint density at radius 1 is 1.32 bits per heavy atom. The van der Waals surface area contributed by atoms with Gasteiger partial charge in [0.25, 0.3) is 0 Å². The lowest BCUT2D eigenvalue weighted by atomic mass is 10.1. The average molecular weight is 342 g/mol. The Morgan fingerprint density at radius 3 is 2.68 bits per heavy atom. The predicted octanol–water partition coefficient (Wildman–Crippen LogP) is 1.82. The van der Waals surface area contributed by atoms with Crippen LogP contribution in [0.2, 0.25) is 0 Å². The van der Waals surface area contributed by atoms with Crippen LogP contribution < -0.4 is 0 Å². The van der Waals surface area contributed by atoms with Crippen LogP contribution in [0.5, 0.6) is 0 Å². The maximum atomic E-state index is 13.0. The minimum atomic E-state index is -0.905. The van der Waals surface area contributed by atoms with Gasteiger partial charge in [0.05, 0.1) is 18.7 Å². The number of hydrogen-bond donors (Lipinski definition) is 1. The Bertz CT molecular complexity index is 714. The summed E-state index contributed by atoms with van der Waals surface area (Å²) in [7, 11) is 1.70. The fraction of sp³-hybridized carbons (Fsp3) is 0.368. The minimum Gasteiger partial charge on any atom is -0.467 e. The van der Waals surface area contributed by atoms with Gasteiger partial charge in [-0.2, -0.15) is 0 Å². The Kier molecular flexibility index (Phi) is 5.19. The Labute approximate surface area is 146 Å². The summed E-state index contributed by atoms with van der Waals surface area (Å²) in [6.07, 6.45) is 0.807. The molecule has 1 N–H and O–H groups in total. The molecule has 2 atom stereocenters. The third kappa shape index (κ3) is 4.09. The van der Waals surface area contributed by atoms with E-state index in [1.54, 1.807) is 29.0 Å². The van der Waals surface area contributed by atoms with Crippen molar-refractivity contribution in [3.63, 3.8) is 0 Å². The maximum absolute atomic E-state index is 13.0. The average Bonchev–Trinajstić information content (AvgIpc) is 3.25. The van der Waals surface area contributed by atoms with Crippen molar-refractivity contribution in [3.05, 3.63) is 60.1 Å². The van der Waals surface area contributed by atoms with Crippen LogP contribution in [0, 0.1) is 5.92 Å². The van der Waals surface area contributed by atoms with Crippen molar-refractivity contribution in [2.24, 2.45) is 5.92 Å². The summed E-state index contributed by atoms with van der Waals surface area (Å²) >= 11 is 0. The molecule has 1 saturated heterocycles. The van der Waals surface area contributed by atoms with Crippen LogP contribution in [0.3, 0.4) is 0 Å². The summed E-state index contributed by atoms with van der Waals surface area (Å²) in [5.41, 5.74) is 0.972. The summed E-state index contributed by atoms with van der Waals surface area (Å²) in [5, 5.41) is 10.4. The van der Waals surface area contributed by atoms with E-state index in [9.17, 15) is 14.7 Å². The molecule has 0 saturated carbocycles. The molecule has 0 bridgehead atoms. The van der Waals surface area contributed by atoms with E-state index in [-0.39, 0.29) is 30.7 Å². The van der Waals surface area contributed by atoms with Crippen LogP contribution in [-0.4, -0.2) is 46.9 Å². The Balaban J connectivity index is 1.76. The van der Waals surface area contributed by atoms with Gasteiger partial charge in [-0.25, -0.2) is 0 Å². The van der Waals surface area contributed by atoms with Gasteiger partial charge in [-0.3, -0.25) is 9.59 Å². The number of aliphatic hydroxyl groups is 1. The van der Waals surface area contributed by atoms with Crippen molar-refractivity contribution in [2.45, 2.75) is 19.1 Å². The molecule has 1 aliphatic rings. The van der Waals surface area contributed by atoms with E-state index in [0.717, 1.165) is 5.56 Å². The largest absolute Gasteiger partial charge is 0.467 e. The van der Waals surface area contributed by atoms with Gasteiger partial charge in [0.15, 0.2) is 0 Å². The molecule has 1 fully saturated rings. The van der Waals surface area contributed by atoms with Crippen molar-refractivity contribution in [1.82, 2.24) is 9.80 Å². The molecule has 2 amide bonds. The zero-order valence-corrected chi connectivity index (χ0v) is 14.2. The van der Waals surface area contributed by atoms with E-state index in [1.165, 1.54) is 6.26 Å². The van der Waals surface area contributed by atoms with Gasteiger partial charge in [-0.15, -0.1) is 0 Å². The first-order chi connectivity index (χ1) is 12.0. The molecule has 25 heavy (non-hydrogen) atoms. The van der Waals surface area contributed by atoms with Gasteiger partial charge < -0.3 is 19.3 Å². The van der Waals surface area contributed by atoms with Crippen molar-refractivity contribution in [3.8, 4) is 0 Å². The molecule has 2 aromatic rings. The highest BCUT2D eigenvalue weighted by molar-refractivity contribution is 5.89. The SMILES string of the molecule is CN1C[C@H](C(=O)N(Cc2ccccc2)C[C@H](O)c2ccco2)CC1=O. The van der Waals surface area contributed by atoms with Gasteiger partial charge >= 0.3 is 0 Å². The first-order valence-corrected chi connectivity index (χ1v) is 8.32. The number of carbonyl (C=O) groups is 2. The van der Waals surface area contributed by atoms with Crippen LogP contribution in [0.15, 0.2) is 53.1 Å². The first kappa shape index (κ1) is 17.2. The van der Waals surface area contributed by atoms with E-state index in [1.807, 2.05) is 30.3 Å². The molecule has 6 nitrogen and oxygen atoms in total.